The summed E-state index contributed by atoms with van der Waals surface area (Å²) in [6, 6.07) is 3.36. The Morgan fingerprint density at radius 3 is 2.82 bits per heavy atom. The second-order valence-electron chi connectivity index (χ2n) is 4.07. The molecular formula is C12H16N2O3. The second-order valence-corrected chi connectivity index (χ2v) is 4.07. The quantitative estimate of drug-likeness (QED) is 0.794. The molecule has 0 aliphatic carbocycles. The van der Waals surface area contributed by atoms with Crippen LogP contribution in [0.5, 0.6) is 0 Å². The number of aliphatic hydroxyl groups is 1. The van der Waals surface area contributed by atoms with Crippen LogP contribution in [-0.4, -0.2) is 34.2 Å². The number of amides is 1. The number of nitrogens with zero attached hydrogens (tertiary/aromatic N) is 2. The highest BCUT2D eigenvalue weighted by Gasteiger charge is 2.21. The summed E-state index contributed by atoms with van der Waals surface area (Å²) in [5.41, 5.74) is 0.484. The van der Waals surface area contributed by atoms with Crippen molar-refractivity contribution in [3.63, 3.8) is 0 Å². The largest absolute Gasteiger partial charge is 0.415 e. The zero-order chi connectivity index (χ0) is 12.1. The molecule has 1 aromatic rings. The molecule has 0 spiro atoms. The molecule has 0 saturated carbocycles. The molecule has 92 valence electrons. The third-order valence-corrected chi connectivity index (χ3v) is 2.80. The van der Waals surface area contributed by atoms with Crippen molar-refractivity contribution in [1.29, 1.82) is 0 Å². The van der Waals surface area contributed by atoms with Gasteiger partial charge in [-0.15, -0.1) is 0 Å². The predicted octanol–water partition coefficient (Wildman–Crippen LogP) is 1.70. The first kappa shape index (κ1) is 11.9. The summed E-state index contributed by atoms with van der Waals surface area (Å²) in [6.45, 7) is 1.41. The van der Waals surface area contributed by atoms with E-state index in [1.165, 1.54) is 6.20 Å². The van der Waals surface area contributed by atoms with Crippen molar-refractivity contribution in [3.05, 3.63) is 30.1 Å². The standard InChI is InChI=1S/C12H16N2O3/c15-11(10-5-4-6-13-9-10)17-12(16)14-7-2-1-3-8-14/h4-6,9,11,15H,1-3,7-8H2. The van der Waals surface area contributed by atoms with Crippen LogP contribution >= 0.6 is 0 Å². The number of rotatable bonds is 2. The van der Waals surface area contributed by atoms with Crippen molar-refractivity contribution in [2.75, 3.05) is 13.1 Å². The van der Waals surface area contributed by atoms with E-state index in [0.717, 1.165) is 19.3 Å². The van der Waals surface area contributed by atoms with Gasteiger partial charge in [0.25, 0.3) is 0 Å². The first-order chi connectivity index (χ1) is 8.27. The Bertz CT molecular complexity index is 363. The number of aliphatic hydroxyl groups excluding tert-OH is 1. The molecule has 1 aliphatic rings. The van der Waals surface area contributed by atoms with Crippen molar-refractivity contribution in [2.45, 2.75) is 25.6 Å². The van der Waals surface area contributed by atoms with Crippen LogP contribution in [0.25, 0.3) is 0 Å². The van der Waals surface area contributed by atoms with Gasteiger partial charge in [-0.1, -0.05) is 0 Å². The fourth-order valence-electron chi connectivity index (χ4n) is 1.84. The fraction of sp³-hybridized carbons (Fsp3) is 0.500. The van der Waals surface area contributed by atoms with Crippen molar-refractivity contribution in [2.24, 2.45) is 0 Å². The Morgan fingerprint density at radius 2 is 2.18 bits per heavy atom. The molecule has 2 rings (SSSR count). The van der Waals surface area contributed by atoms with Crippen molar-refractivity contribution in [1.82, 2.24) is 9.88 Å². The third-order valence-electron chi connectivity index (χ3n) is 2.80. The number of likely N-dealkylation sites (tertiary alicyclic amines) is 1. The number of pyridine rings is 1. The van der Waals surface area contributed by atoms with Crippen LogP contribution in [0.3, 0.4) is 0 Å². The zero-order valence-corrected chi connectivity index (χ0v) is 9.58. The Balaban J connectivity index is 1.89. The number of aromatic nitrogens is 1. The van der Waals surface area contributed by atoms with E-state index < -0.39 is 12.4 Å². The molecule has 2 heterocycles. The minimum absolute atomic E-state index is 0.457. The SMILES string of the molecule is O=C(OC(O)c1cccnc1)N1CCCCC1. The average Bonchev–Trinajstić information content (AvgIpc) is 2.40. The number of piperidine rings is 1. The molecule has 1 aromatic heterocycles. The normalized spacial score (nSPS) is 17.6. The lowest BCUT2D eigenvalue weighted by atomic mass is 10.1. The molecule has 1 saturated heterocycles. The topological polar surface area (TPSA) is 62.7 Å². The monoisotopic (exact) mass is 236 g/mol. The number of carbonyl (C=O) groups excluding carboxylic acids is 1. The number of hydrogen-bond acceptors (Lipinski definition) is 4. The zero-order valence-electron chi connectivity index (χ0n) is 9.58. The van der Waals surface area contributed by atoms with Gasteiger partial charge in [-0.2, -0.15) is 0 Å². The average molecular weight is 236 g/mol. The van der Waals surface area contributed by atoms with E-state index in [1.807, 2.05) is 0 Å². The van der Waals surface area contributed by atoms with Gasteiger partial charge in [-0.3, -0.25) is 4.98 Å². The minimum Gasteiger partial charge on any atom is -0.415 e. The maximum atomic E-state index is 11.7. The highest BCUT2D eigenvalue weighted by Crippen LogP contribution is 2.16. The van der Waals surface area contributed by atoms with E-state index in [0.29, 0.717) is 18.7 Å². The molecular weight excluding hydrogens is 220 g/mol. The molecule has 1 atom stereocenters. The van der Waals surface area contributed by atoms with Crippen LogP contribution in [0.4, 0.5) is 4.79 Å². The summed E-state index contributed by atoms with van der Waals surface area (Å²) in [6.07, 6.45) is 4.53. The van der Waals surface area contributed by atoms with Crippen LogP contribution in [0.2, 0.25) is 0 Å². The van der Waals surface area contributed by atoms with Gasteiger partial charge in [0.1, 0.15) is 0 Å². The molecule has 1 fully saturated rings. The smallest absolute Gasteiger partial charge is 0.412 e. The van der Waals surface area contributed by atoms with Gasteiger partial charge in [0, 0.05) is 31.0 Å². The van der Waals surface area contributed by atoms with E-state index in [9.17, 15) is 9.90 Å². The molecule has 0 bridgehead atoms. The van der Waals surface area contributed by atoms with Crippen LogP contribution in [-0.2, 0) is 4.74 Å². The molecule has 1 unspecified atom stereocenters. The lowest BCUT2D eigenvalue weighted by molar-refractivity contribution is -0.0683. The van der Waals surface area contributed by atoms with Crippen LogP contribution in [0.15, 0.2) is 24.5 Å². The van der Waals surface area contributed by atoms with Gasteiger partial charge in [0.2, 0.25) is 6.29 Å². The van der Waals surface area contributed by atoms with Crippen molar-refractivity contribution >= 4 is 6.09 Å². The summed E-state index contributed by atoms with van der Waals surface area (Å²) >= 11 is 0. The molecule has 0 radical (unpaired) electrons. The molecule has 5 heteroatoms. The lowest BCUT2D eigenvalue weighted by Crippen LogP contribution is -2.36. The highest BCUT2D eigenvalue weighted by molar-refractivity contribution is 5.67. The van der Waals surface area contributed by atoms with E-state index in [1.54, 1.807) is 23.2 Å². The minimum atomic E-state index is -1.24. The fourth-order valence-corrected chi connectivity index (χ4v) is 1.84. The second kappa shape index (κ2) is 5.63. The molecule has 5 nitrogen and oxygen atoms in total. The number of ether oxygens (including phenoxy) is 1. The first-order valence-electron chi connectivity index (χ1n) is 5.81. The predicted molar refractivity (Wildman–Crippen MR) is 61.1 cm³/mol. The van der Waals surface area contributed by atoms with Crippen LogP contribution in [0, 0.1) is 0 Å². The summed E-state index contributed by atoms with van der Waals surface area (Å²) < 4.78 is 4.98. The van der Waals surface area contributed by atoms with E-state index >= 15 is 0 Å². The summed E-state index contributed by atoms with van der Waals surface area (Å²) in [4.78, 5) is 17.2. The van der Waals surface area contributed by atoms with Crippen LogP contribution in [0.1, 0.15) is 31.1 Å². The van der Waals surface area contributed by atoms with Crippen molar-refractivity contribution < 1.29 is 14.6 Å². The van der Waals surface area contributed by atoms with Gasteiger partial charge >= 0.3 is 6.09 Å². The Hall–Kier alpha value is -1.62. The van der Waals surface area contributed by atoms with Gasteiger partial charge < -0.3 is 14.7 Å². The van der Waals surface area contributed by atoms with Crippen LogP contribution < -0.4 is 0 Å². The van der Waals surface area contributed by atoms with Gasteiger partial charge in [-0.05, 0) is 31.4 Å². The number of hydrogen-bond donors (Lipinski definition) is 1. The number of carbonyl (C=O) groups is 1. The molecule has 1 aliphatic heterocycles. The lowest BCUT2D eigenvalue weighted by Gasteiger charge is -2.26. The first-order valence-corrected chi connectivity index (χ1v) is 5.81. The summed E-state index contributed by atoms with van der Waals surface area (Å²) in [5, 5.41) is 9.71. The Labute approximate surface area is 100 Å². The highest BCUT2D eigenvalue weighted by atomic mass is 16.6. The molecule has 1 N–H and O–H groups in total. The summed E-state index contributed by atoms with van der Waals surface area (Å²) in [5.74, 6) is 0. The summed E-state index contributed by atoms with van der Waals surface area (Å²) in [7, 11) is 0. The van der Waals surface area contributed by atoms with Gasteiger partial charge in [0.15, 0.2) is 0 Å². The third kappa shape index (κ3) is 3.17. The molecule has 0 aromatic carbocycles. The Kier molecular flexibility index (Phi) is 3.93. The Morgan fingerprint density at radius 1 is 1.41 bits per heavy atom. The molecule has 17 heavy (non-hydrogen) atoms. The van der Waals surface area contributed by atoms with E-state index in [4.69, 9.17) is 4.74 Å². The molecule has 1 amide bonds. The van der Waals surface area contributed by atoms with E-state index in [2.05, 4.69) is 4.98 Å². The van der Waals surface area contributed by atoms with E-state index in [-0.39, 0.29) is 0 Å². The maximum Gasteiger partial charge on any atom is 0.412 e. The van der Waals surface area contributed by atoms with Crippen molar-refractivity contribution in [3.8, 4) is 0 Å². The van der Waals surface area contributed by atoms with Gasteiger partial charge in [-0.25, -0.2) is 4.79 Å². The maximum absolute atomic E-state index is 11.7. The van der Waals surface area contributed by atoms with Gasteiger partial charge in [0.05, 0.1) is 0 Å².